The van der Waals surface area contributed by atoms with E-state index in [9.17, 15) is 4.20 Å². The molecule has 0 aliphatic carbocycles. The highest BCUT2D eigenvalue weighted by Crippen LogP contribution is 2.32. The summed E-state index contributed by atoms with van der Waals surface area (Å²) in [6.45, 7) is 11.7. The number of halogens is 1. The molecule has 0 aromatic rings. The van der Waals surface area contributed by atoms with Crippen LogP contribution in [0.4, 0.5) is 4.20 Å². The predicted octanol–water partition coefficient (Wildman–Crippen LogP) is 2.96. The summed E-state index contributed by atoms with van der Waals surface area (Å²) in [5, 5.41) is 5.73. The van der Waals surface area contributed by atoms with Crippen molar-refractivity contribution in [3.05, 3.63) is 0 Å². The Morgan fingerprint density at radius 1 is 0.833 bits per heavy atom. The Balaban J connectivity index is 3.83. The van der Waals surface area contributed by atoms with E-state index in [0.29, 0.717) is 0 Å². The summed E-state index contributed by atoms with van der Waals surface area (Å²) in [6.07, 6.45) is 0. The Hall–Kier alpha value is 0.280. The smallest absolute Gasteiger partial charge is 0.231 e. The molecule has 0 aliphatic heterocycles. The van der Waals surface area contributed by atoms with Crippen LogP contribution in [-0.2, 0) is 0 Å². The minimum Gasteiger partial charge on any atom is -0.252 e. The molecule has 0 unspecified atom stereocenters. The minimum atomic E-state index is -1.76. The van der Waals surface area contributed by atoms with Crippen molar-refractivity contribution in [1.82, 2.24) is 10.2 Å². The summed E-state index contributed by atoms with van der Waals surface area (Å²) < 4.78 is 13.2. The molecule has 0 bridgehead atoms. The van der Waals surface area contributed by atoms with Gasteiger partial charge in [0.1, 0.15) is 0 Å². The number of hydrogen-bond acceptors (Lipinski definition) is 2. The molecule has 0 rings (SSSR count). The van der Waals surface area contributed by atoms with E-state index >= 15 is 0 Å². The maximum Gasteiger partial charge on any atom is 0.231 e. The zero-order valence-electron chi connectivity index (χ0n) is 8.83. The van der Waals surface area contributed by atoms with Crippen molar-refractivity contribution in [3.63, 3.8) is 0 Å². The SMILES string of the molecule is CC(C)(C)NP(F)NC(C)(C)C. The van der Waals surface area contributed by atoms with Crippen LogP contribution in [-0.4, -0.2) is 11.1 Å². The second-order valence-electron chi connectivity index (χ2n) is 5.00. The lowest BCUT2D eigenvalue weighted by molar-refractivity contribution is 0.477. The minimum absolute atomic E-state index is 0.168. The Morgan fingerprint density at radius 3 is 1.25 bits per heavy atom. The van der Waals surface area contributed by atoms with E-state index in [2.05, 4.69) is 10.2 Å². The highest BCUT2D eigenvalue weighted by Gasteiger charge is 2.21. The second kappa shape index (κ2) is 3.99. The first-order chi connectivity index (χ1) is 5.10. The van der Waals surface area contributed by atoms with Crippen LogP contribution in [0.1, 0.15) is 41.5 Å². The van der Waals surface area contributed by atoms with E-state index in [1.165, 1.54) is 0 Å². The third-order valence-corrected chi connectivity index (χ3v) is 2.60. The lowest BCUT2D eigenvalue weighted by Crippen LogP contribution is -2.39. The van der Waals surface area contributed by atoms with Gasteiger partial charge in [0.05, 0.1) is 0 Å². The van der Waals surface area contributed by atoms with Gasteiger partial charge in [-0.3, -0.25) is 10.2 Å². The average molecular weight is 194 g/mol. The van der Waals surface area contributed by atoms with E-state index < -0.39 is 8.53 Å². The van der Waals surface area contributed by atoms with Gasteiger partial charge in [-0.1, -0.05) is 0 Å². The zero-order valence-corrected chi connectivity index (χ0v) is 9.72. The third-order valence-electron chi connectivity index (χ3n) is 0.867. The summed E-state index contributed by atoms with van der Waals surface area (Å²) in [7, 11) is -1.76. The Kier molecular flexibility index (Phi) is 4.09. The van der Waals surface area contributed by atoms with Crippen LogP contribution < -0.4 is 10.2 Å². The van der Waals surface area contributed by atoms with Gasteiger partial charge in [0, 0.05) is 11.1 Å². The first-order valence-corrected chi connectivity index (χ1v) is 5.35. The van der Waals surface area contributed by atoms with Gasteiger partial charge in [0.15, 0.2) is 0 Å². The molecule has 0 aliphatic rings. The van der Waals surface area contributed by atoms with E-state index in [4.69, 9.17) is 0 Å². The summed E-state index contributed by atoms with van der Waals surface area (Å²) in [5.41, 5.74) is -0.336. The summed E-state index contributed by atoms with van der Waals surface area (Å²) in [6, 6.07) is 0. The van der Waals surface area contributed by atoms with Crippen molar-refractivity contribution >= 4 is 8.53 Å². The molecule has 0 saturated heterocycles. The third kappa shape index (κ3) is 8.38. The van der Waals surface area contributed by atoms with Gasteiger partial charge in [-0.2, -0.15) is 4.20 Å². The fraction of sp³-hybridized carbons (Fsp3) is 1.00. The number of nitrogens with one attached hydrogen (secondary N) is 2. The Labute approximate surface area is 76.3 Å². The van der Waals surface area contributed by atoms with Crippen molar-refractivity contribution in [2.75, 3.05) is 0 Å². The van der Waals surface area contributed by atoms with Crippen LogP contribution in [0, 0.1) is 0 Å². The molecule has 0 amide bonds. The van der Waals surface area contributed by atoms with E-state index in [0.717, 1.165) is 0 Å². The standard InChI is InChI=1S/C8H20FN2P/c1-7(2,3)10-12(9)11-8(4,5)6/h10-11H,1-6H3. The molecular formula is C8H20FN2P. The first kappa shape index (κ1) is 12.3. The van der Waals surface area contributed by atoms with Gasteiger partial charge in [-0.05, 0) is 41.5 Å². The number of hydrogen-bond donors (Lipinski definition) is 2. The van der Waals surface area contributed by atoms with Crippen LogP contribution >= 0.6 is 8.53 Å². The molecule has 0 aromatic heterocycles. The van der Waals surface area contributed by atoms with Crippen molar-refractivity contribution < 1.29 is 4.20 Å². The van der Waals surface area contributed by atoms with Crippen LogP contribution in [0.5, 0.6) is 0 Å². The first-order valence-electron chi connectivity index (χ1n) is 4.12. The van der Waals surface area contributed by atoms with Crippen LogP contribution in [0.15, 0.2) is 0 Å². The summed E-state index contributed by atoms with van der Waals surface area (Å²) in [4.78, 5) is 0. The largest absolute Gasteiger partial charge is 0.252 e. The topological polar surface area (TPSA) is 24.1 Å². The molecule has 0 radical (unpaired) electrons. The molecule has 12 heavy (non-hydrogen) atoms. The quantitative estimate of drug-likeness (QED) is 0.660. The van der Waals surface area contributed by atoms with E-state index in [1.54, 1.807) is 0 Å². The average Bonchev–Trinajstić information content (AvgIpc) is 1.49. The lowest BCUT2D eigenvalue weighted by Gasteiger charge is -2.28. The van der Waals surface area contributed by atoms with E-state index in [-0.39, 0.29) is 11.1 Å². The van der Waals surface area contributed by atoms with Crippen molar-refractivity contribution in [1.29, 1.82) is 0 Å². The van der Waals surface area contributed by atoms with Gasteiger partial charge >= 0.3 is 0 Å². The molecule has 2 N–H and O–H groups in total. The van der Waals surface area contributed by atoms with Crippen molar-refractivity contribution in [3.8, 4) is 0 Å². The highest BCUT2D eigenvalue weighted by molar-refractivity contribution is 7.47. The van der Waals surface area contributed by atoms with Gasteiger partial charge in [-0.15, -0.1) is 0 Å². The number of rotatable bonds is 2. The second-order valence-corrected chi connectivity index (χ2v) is 6.01. The molecule has 0 heterocycles. The van der Waals surface area contributed by atoms with Crippen LogP contribution in [0.2, 0.25) is 0 Å². The predicted molar refractivity (Wildman–Crippen MR) is 53.8 cm³/mol. The normalized spacial score (nSPS) is 14.0. The van der Waals surface area contributed by atoms with Gasteiger partial charge in [0.2, 0.25) is 8.53 Å². The van der Waals surface area contributed by atoms with Crippen molar-refractivity contribution in [2.45, 2.75) is 52.6 Å². The van der Waals surface area contributed by atoms with Crippen LogP contribution in [0.25, 0.3) is 0 Å². The Bertz CT molecular complexity index is 121. The molecule has 4 heteroatoms. The molecule has 0 spiro atoms. The molecule has 74 valence electrons. The lowest BCUT2D eigenvalue weighted by atomic mass is 10.1. The molecule has 2 nitrogen and oxygen atoms in total. The summed E-state index contributed by atoms with van der Waals surface area (Å²) in [5.74, 6) is 0. The molecule has 0 fully saturated rings. The van der Waals surface area contributed by atoms with Gasteiger partial charge in [0.25, 0.3) is 0 Å². The monoisotopic (exact) mass is 194 g/mol. The molecular weight excluding hydrogens is 174 g/mol. The fourth-order valence-electron chi connectivity index (χ4n) is 0.617. The summed E-state index contributed by atoms with van der Waals surface area (Å²) >= 11 is 0. The van der Waals surface area contributed by atoms with Gasteiger partial charge in [-0.25, -0.2) is 0 Å². The molecule has 0 saturated carbocycles. The highest BCUT2D eigenvalue weighted by atomic mass is 31.2. The van der Waals surface area contributed by atoms with Crippen LogP contribution in [0.3, 0.4) is 0 Å². The van der Waals surface area contributed by atoms with E-state index in [1.807, 2.05) is 41.5 Å². The fourth-order valence-corrected chi connectivity index (χ4v) is 1.85. The molecule has 0 atom stereocenters. The van der Waals surface area contributed by atoms with Gasteiger partial charge < -0.3 is 0 Å². The zero-order chi connectivity index (χ0) is 9.99. The molecule has 0 aromatic carbocycles. The Morgan fingerprint density at radius 2 is 1.08 bits per heavy atom. The van der Waals surface area contributed by atoms with Crippen molar-refractivity contribution in [2.24, 2.45) is 0 Å². The maximum atomic E-state index is 13.2. The maximum absolute atomic E-state index is 13.2.